The predicted molar refractivity (Wildman–Crippen MR) is 81.1 cm³/mol. The third-order valence-corrected chi connectivity index (χ3v) is 4.71. The fourth-order valence-electron chi connectivity index (χ4n) is 3.58. The molecule has 1 aromatic rings. The molecule has 4 unspecified atom stereocenters. The maximum atomic E-state index is 9.63. The van der Waals surface area contributed by atoms with Gasteiger partial charge >= 0.3 is 0 Å². The van der Waals surface area contributed by atoms with Gasteiger partial charge in [-0.05, 0) is 37.1 Å². The summed E-state index contributed by atoms with van der Waals surface area (Å²) < 4.78 is 6.13. The second-order valence-corrected chi connectivity index (χ2v) is 6.24. The number of hydrogen-bond donors (Lipinski definition) is 3. The zero-order valence-corrected chi connectivity index (χ0v) is 12.2. The zero-order valence-electron chi connectivity index (χ0n) is 12.2. The van der Waals surface area contributed by atoms with Gasteiger partial charge in [-0.15, -0.1) is 0 Å². The molecule has 0 spiro atoms. The van der Waals surface area contributed by atoms with Gasteiger partial charge in [0.2, 0.25) is 0 Å². The Balaban J connectivity index is 1.60. The van der Waals surface area contributed by atoms with Crippen LogP contribution in [-0.4, -0.2) is 53.1 Å². The molecule has 0 radical (unpaired) electrons. The van der Waals surface area contributed by atoms with E-state index in [4.69, 9.17) is 15.6 Å². The van der Waals surface area contributed by atoms with E-state index < -0.39 is 6.10 Å². The van der Waals surface area contributed by atoms with E-state index in [1.807, 2.05) is 24.3 Å². The first-order valence-corrected chi connectivity index (χ1v) is 7.71. The van der Waals surface area contributed by atoms with Crippen LogP contribution in [0.2, 0.25) is 0 Å². The van der Waals surface area contributed by atoms with Gasteiger partial charge in [-0.3, -0.25) is 4.90 Å². The van der Waals surface area contributed by atoms with Crippen molar-refractivity contribution in [3.05, 3.63) is 24.3 Å². The summed E-state index contributed by atoms with van der Waals surface area (Å²) in [4.78, 5) is 2.30. The van der Waals surface area contributed by atoms with Crippen molar-refractivity contribution >= 4 is 5.69 Å². The smallest absolute Gasteiger partial charge is 0.119 e. The fourth-order valence-corrected chi connectivity index (χ4v) is 3.58. The van der Waals surface area contributed by atoms with Crippen molar-refractivity contribution in [3.63, 3.8) is 0 Å². The maximum absolute atomic E-state index is 9.63. The SMILES string of the molecule is Nc1ccc(OC2CC3CCC2CN3CC(O)CO)cc1. The second kappa shape index (κ2) is 6.22. The summed E-state index contributed by atoms with van der Waals surface area (Å²) in [5, 5.41) is 18.6. The summed E-state index contributed by atoms with van der Waals surface area (Å²) >= 11 is 0. The predicted octanol–water partition coefficient (Wildman–Crippen LogP) is 0.854. The molecule has 5 nitrogen and oxygen atoms in total. The number of ether oxygens (including phenoxy) is 1. The van der Waals surface area contributed by atoms with Crippen LogP contribution < -0.4 is 10.5 Å². The van der Waals surface area contributed by atoms with Crippen molar-refractivity contribution in [1.82, 2.24) is 4.90 Å². The highest BCUT2D eigenvalue weighted by Gasteiger charge is 2.41. The highest BCUT2D eigenvalue weighted by Crippen LogP contribution is 2.37. The molecule has 2 aliphatic heterocycles. The van der Waals surface area contributed by atoms with Crippen molar-refractivity contribution in [1.29, 1.82) is 0 Å². The van der Waals surface area contributed by atoms with Crippen molar-refractivity contribution in [2.45, 2.75) is 37.5 Å². The Morgan fingerprint density at radius 2 is 2.05 bits per heavy atom. The molecule has 3 aliphatic rings. The molecule has 2 bridgehead atoms. The Labute approximate surface area is 125 Å². The van der Waals surface area contributed by atoms with E-state index in [0.29, 0.717) is 18.5 Å². The minimum Gasteiger partial charge on any atom is -0.490 e. The molecule has 3 fully saturated rings. The molecule has 2 heterocycles. The standard InChI is InChI=1S/C16H24N2O3/c17-12-2-5-15(6-3-12)21-16-7-13-4-1-11(16)8-18(13)9-14(20)10-19/h2-3,5-6,11,13-14,16,19-20H,1,4,7-10,17H2. The third-order valence-electron chi connectivity index (χ3n) is 4.71. The van der Waals surface area contributed by atoms with Crippen LogP contribution in [0, 0.1) is 5.92 Å². The maximum Gasteiger partial charge on any atom is 0.119 e. The van der Waals surface area contributed by atoms with Gasteiger partial charge in [-0.2, -0.15) is 0 Å². The van der Waals surface area contributed by atoms with E-state index in [9.17, 15) is 5.11 Å². The van der Waals surface area contributed by atoms with Gasteiger partial charge in [0.05, 0.1) is 12.7 Å². The highest BCUT2D eigenvalue weighted by molar-refractivity contribution is 5.41. The van der Waals surface area contributed by atoms with E-state index in [1.165, 1.54) is 6.42 Å². The van der Waals surface area contributed by atoms with Crippen LogP contribution in [0.3, 0.4) is 0 Å². The van der Waals surface area contributed by atoms with E-state index in [2.05, 4.69) is 4.90 Å². The second-order valence-electron chi connectivity index (χ2n) is 6.24. The number of hydrogen-bond acceptors (Lipinski definition) is 5. The van der Waals surface area contributed by atoms with Crippen LogP contribution in [0.15, 0.2) is 24.3 Å². The minimum atomic E-state index is -0.638. The number of aliphatic hydroxyl groups excluding tert-OH is 2. The number of fused-ring (bicyclic) bond motifs is 3. The Kier molecular flexibility index (Phi) is 4.33. The van der Waals surface area contributed by atoms with Crippen LogP contribution in [-0.2, 0) is 0 Å². The Morgan fingerprint density at radius 3 is 2.67 bits per heavy atom. The van der Waals surface area contributed by atoms with Gasteiger partial charge in [0.15, 0.2) is 0 Å². The molecule has 1 saturated carbocycles. The quantitative estimate of drug-likeness (QED) is 0.701. The molecule has 116 valence electrons. The third kappa shape index (κ3) is 3.31. The summed E-state index contributed by atoms with van der Waals surface area (Å²) in [6, 6.07) is 8.02. The number of piperidine rings is 2. The number of nitrogen functional groups attached to an aromatic ring is 1. The van der Waals surface area contributed by atoms with Crippen molar-refractivity contribution in [2.24, 2.45) is 5.92 Å². The first kappa shape index (κ1) is 14.6. The molecule has 21 heavy (non-hydrogen) atoms. The Hall–Kier alpha value is -1.30. The lowest BCUT2D eigenvalue weighted by molar-refractivity contribution is -0.0575. The lowest BCUT2D eigenvalue weighted by Crippen LogP contribution is -2.57. The van der Waals surface area contributed by atoms with Crippen molar-refractivity contribution in [3.8, 4) is 5.75 Å². The van der Waals surface area contributed by atoms with Gasteiger partial charge in [-0.1, -0.05) is 0 Å². The average molecular weight is 292 g/mol. The summed E-state index contributed by atoms with van der Waals surface area (Å²) in [6.45, 7) is 1.34. The molecule has 2 saturated heterocycles. The topological polar surface area (TPSA) is 79.0 Å². The summed E-state index contributed by atoms with van der Waals surface area (Å²) in [5.74, 6) is 1.38. The first-order chi connectivity index (χ1) is 10.2. The van der Waals surface area contributed by atoms with Gasteiger partial charge in [0.25, 0.3) is 0 Å². The molecule has 0 aromatic heterocycles. The number of aliphatic hydroxyl groups is 2. The molecular weight excluding hydrogens is 268 g/mol. The van der Waals surface area contributed by atoms with Gasteiger partial charge in [-0.25, -0.2) is 0 Å². The van der Waals surface area contributed by atoms with E-state index in [-0.39, 0.29) is 12.7 Å². The highest BCUT2D eigenvalue weighted by atomic mass is 16.5. The van der Waals surface area contributed by atoms with Crippen LogP contribution in [0.4, 0.5) is 5.69 Å². The van der Waals surface area contributed by atoms with Gasteiger partial charge in [0, 0.05) is 37.2 Å². The minimum absolute atomic E-state index is 0.167. The number of benzene rings is 1. The molecule has 4 N–H and O–H groups in total. The zero-order chi connectivity index (χ0) is 14.8. The lowest BCUT2D eigenvalue weighted by atomic mass is 9.77. The van der Waals surface area contributed by atoms with E-state index in [0.717, 1.165) is 30.8 Å². The first-order valence-electron chi connectivity index (χ1n) is 7.71. The van der Waals surface area contributed by atoms with Crippen LogP contribution >= 0.6 is 0 Å². The summed E-state index contributed by atoms with van der Waals surface area (Å²) in [5.41, 5.74) is 6.44. The normalized spacial score (nSPS) is 30.3. The lowest BCUT2D eigenvalue weighted by Gasteiger charge is -2.49. The molecule has 1 aromatic carbocycles. The fraction of sp³-hybridized carbons (Fsp3) is 0.625. The van der Waals surface area contributed by atoms with Crippen molar-refractivity contribution in [2.75, 3.05) is 25.4 Å². The monoisotopic (exact) mass is 292 g/mol. The molecule has 0 amide bonds. The molecule has 4 atom stereocenters. The molecule has 4 rings (SSSR count). The molecule has 5 heteroatoms. The van der Waals surface area contributed by atoms with Gasteiger partial charge in [0.1, 0.15) is 11.9 Å². The Bertz CT molecular complexity index is 465. The largest absolute Gasteiger partial charge is 0.490 e. The Morgan fingerprint density at radius 1 is 1.29 bits per heavy atom. The molecule has 1 aliphatic carbocycles. The summed E-state index contributed by atoms with van der Waals surface area (Å²) in [6.07, 6.45) is 2.93. The van der Waals surface area contributed by atoms with E-state index >= 15 is 0 Å². The van der Waals surface area contributed by atoms with Gasteiger partial charge < -0.3 is 20.7 Å². The number of anilines is 1. The van der Waals surface area contributed by atoms with Crippen LogP contribution in [0.25, 0.3) is 0 Å². The number of rotatable bonds is 5. The van der Waals surface area contributed by atoms with E-state index in [1.54, 1.807) is 0 Å². The van der Waals surface area contributed by atoms with Crippen LogP contribution in [0.5, 0.6) is 5.75 Å². The number of nitrogens with zero attached hydrogens (tertiary/aromatic N) is 1. The molecular formula is C16H24N2O3. The van der Waals surface area contributed by atoms with Crippen LogP contribution in [0.1, 0.15) is 19.3 Å². The number of nitrogens with two attached hydrogens (primary N) is 1. The average Bonchev–Trinajstić information content (AvgIpc) is 2.51. The van der Waals surface area contributed by atoms with Crippen molar-refractivity contribution < 1.29 is 14.9 Å². The summed E-state index contributed by atoms with van der Waals surface area (Å²) in [7, 11) is 0.